The zero-order valence-corrected chi connectivity index (χ0v) is 14.4. The molecule has 1 saturated heterocycles. The summed E-state index contributed by atoms with van der Waals surface area (Å²) in [7, 11) is -2.88. The number of nitrogens with zero attached hydrogens (tertiary/aromatic N) is 2. The Labute approximate surface area is 133 Å². The van der Waals surface area contributed by atoms with Gasteiger partial charge < -0.3 is 5.32 Å². The molecule has 1 aromatic rings. The van der Waals surface area contributed by atoms with Gasteiger partial charge in [0.2, 0.25) is 0 Å². The number of aryl methyl sites for hydroxylation is 1. The van der Waals surface area contributed by atoms with E-state index < -0.39 is 9.84 Å². The quantitative estimate of drug-likeness (QED) is 0.845. The van der Waals surface area contributed by atoms with Gasteiger partial charge in [-0.05, 0) is 35.2 Å². The fraction of sp³-hybridized carbons (Fsp3) is 0.692. The van der Waals surface area contributed by atoms with E-state index in [-0.39, 0.29) is 23.1 Å². The number of nitrogens with one attached hydrogen (secondary N) is 1. The average molecular weight is 378 g/mol. The van der Waals surface area contributed by atoms with E-state index in [1.165, 1.54) is 4.68 Å². The topological polar surface area (TPSA) is 81.1 Å². The molecule has 1 fully saturated rings. The summed E-state index contributed by atoms with van der Waals surface area (Å²) in [5, 5.41) is 7.39. The lowest BCUT2D eigenvalue weighted by atomic mass is 10.1. The Hall–Kier alpha value is -0.890. The Morgan fingerprint density at radius 1 is 1.43 bits per heavy atom. The van der Waals surface area contributed by atoms with Gasteiger partial charge in [0.05, 0.1) is 23.4 Å². The molecular weight excluding hydrogens is 358 g/mol. The fourth-order valence-corrected chi connectivity index (χ4v) is 4.20. The number of aromatic nitrogens is 2. The number of unbranched alkanes of at least 4 members (excludes halogenated alkanes) is 1. The summed E-state index contributed by atoms with van der Waals surface area (Å²) in [6.07, 6.45) is 4.67. The molecular formula is C13H20BrN3O3S. The maximum atomic E-state index is 12.2. The van der Waals surface area contributed by atoms with Crippen LogP contribution in [0.4, 0.5) is 5.69 Å². The van der Waals surface area contributed by atoms with Crippen LogP contribution in [-0.4, -0.2) is 35.7 Å². The average Bonchev–Trinajstić information content (AvgIpc) is 2.45. The second-order valence-electron chi connectivity index (χ2n) is 5.32. The summed E-state index contributed by atoms with van der Waals surface area (Å²) in [5.41, 5.74) is 0.480. The van der Waals surface area contributed by atoms with E-state index >= 15 is 0 Å². The second-order valence-corrected chi connectivity index (χ2v) is 8.42. The summed E-state index contributed by atoms with van der Waals surface area (Å²) in [6, 6.07) is 0.0671. The van der Waals surface area contributed by atoms with E-state index in [2.05, 4.69) is 33.3 Å². The Morgan fingerprint density at radius 2 is 2.10 bits per heavy atom. The molecule has 1 aromatic heterocycles. The maximum Gasteiger partial charge on any atom is 0.283 e. The van der Waals surface area contributed by atoms with Crippen molar-refractivity contribution in [2.24, 2.45) is 0 Å². The van der Waals surface area contributed by atoms with Crippen molar-refractivity contribution in [3.8, 4) is 0 Å². The molecule has 0 saturated carbocycles. The third-order valence-corrected chi connectivity index (χ3v) is 6.10. The van der Waals surface area contributed by atoms with E-state index in [1.54, 1.807) is 6.20 Å². The van der Waals surface area contributed by atoms with Crippen molar-refractivity contribution in [3.05, 3.63) is 21.0 Å². The molecule has 1 N–H and O–H groups in total. The molecule has 1 aliphatic rings. The highest BCUT2D eigenvalue weighted by atomic mass is 79.9. The van der Waals surface area contributed by atoms with Crippen LogP contribution in [0.5, 0.6) is 0 Å². The van der Waals surface area contributed by atoms with Gasteiger partial charge in [0.1, 0.15) is 14.3 Å². The largest absolute Gasteiger partial charge is 0.380 e. The van der Waals surface area contributed by atoms with Crippen LogP contribution in [0.3, 0.4) is 0 Å². The van der Waals surface area contributed by atoms with E-state index in [0.29, 0.717) is 29.5 Å². The van der Waals surface area contributed by atoms with Gasteiger partial charge in [-0.2, -0.15) is 5.10 Å². The van der Waals surface area contributed by atoms with E-state index in [4.69, 9.17) is 0 Å². The van der Waals surface area contributed by atoms with Gasteiger partial charge in [0.15, 0.2) is 0 Å². The molecule has 0 aliphatic carbocycles. The molecule has 0 atom stereocenters. The molecule has 21 heavy (non-hydrogen) atoms. The molecule has 0 aromatic carbocycles. The molecule has 0 amide bonds. The first-order valence-electron chi connectivity index (χ1n) is 7.15. The minimum absolute atomic E-state index is 0.0671. The molecule has 2 heterocycles. The molecule has 0 spiro atoms. The van der Waals surface area contributed by atoms with Crippen LogP contribution in [0.1, 0.15) is 32.6 Å². The minimum Gasteiger partial charge on any atom is -0.380 e. The second kappa shape index (κ2) is 6.91. The van der Waals surface area contributed by atoms with Crippen LogP contribution < -0.4 is 10.9 Å². The van der Waals surface area contributed by atoms with Crippen LogP contribution in [-0.2, 0) is 16.4 Å². The van der Waals surface area contributed by atoms with Crippen molar-refractivity contribution < 1.29 is 8.42 Å². The van der Waals surface area contributed by atoms with Crippen LogP contribution in [0, 0.1) is 0 Å². The van der Waals surface area contributed by atoms with Gasteiger partial charge in [-0.3, -0.25) is 4.79 Å². The SMILES string of the molecule is CCCCn1ncc(NC2CCS(=O)(=O)CC2)c(Br)c1=O. The third kappa shape index (κ3) is 4.29. The number of sulfone groups is 1. The van der Waals surface area contributed by atoms with Crippen LogP contribution in [0.15, 0.2) is 15.5 Å². The summed E-state index contributed by atoms with van der Waals surface area (Å²) >= 11 is 3.32. The summed E-state index contributed by atoms with van der Waals surface area (Å²) in [4.78, 5) is 12.2. The zero-order valence-electron chi connectivity index (χ0n) is 12.0. The van der Waals surface area contributed by atoms with Gasteiger partial charge in [-0.25, -0.2) is 13.1 Å². The van der Waals surface area contributed by atoms with Crippen LogP contribution in [0.25, 0.3) is 0 Å². The lowest BCUT2D eigenvalue weighted by molar-refractivity contribution is 0.538. The van der Waals surface area contributed by atoms with Gasteiger partial charge in [0, 0.05) is 12.6 Å². The van der Waals surface area contributed by atoms with Crippen molar-refractivity contribution in [3.63, 3.8) is 0 Å². The molecule has 8 heteroatoms. The number of rotatable bonds is 5. The Balaban J connectivity index is 2.08. The van der Waals surface area contributed by atoms with E-state index in [9.17, 15) is 13.2 Å². The lowest BCUT2D eigenvalue weighted by Gasteiger charge is -2.24. The van der Waals surface area contributed by atoms with Crippen molar-refractivity contribution in [2.75, 3.05) is 16.8 Å². The van der Waals surface area contributed by atoms with E-state index in [0.717, 1.165) is 12.8 Å². The van der Waals surface area contributed by atoms with Crippen molar-refractivity contribution in [1.82, 2.24) is 9.78 Å². The van der Waals surface area contributed by atoms with Gasteiger partial charge >= 0.3 is 0 Å². The highest BCUT2D eigenvalue weighted by molar-refractivity contribution is 9.10. The maximum absolute atomic E-state index is 12.2. The first kappa shape index (κ1) is 16.5. The Bertz CT molecular complexity index is 643. The molecule has 2 rings (SSSR count). The van der Waals surface area contributed by atoms with E-state index in [1.807, 2.05) is 0 Å². The normalized spacial score (nSPS) is 18.6. The zero-order chi connectivity index (χ0) is 15.5. The number of hydrogen-bond donors (Lipinski definition) is 1. The fourth-order valence-electron chi connectivity index (χ4n) is 2.29. The third-order valence-electron chi connectivity index (χ3n) is 3.62. The van der Waals surface area contributed by atoms with Crippen molar-refractivity contribution in [1.29, 1.82) is 0 Å². The number of halogens is 1. The predicted molar refractivity (Wildman–Crippen MR) is 86.4 cm³/mol. The summed E-state index contributed by atoms with van der Waals surface area (Å²) in [6.45, 7) is 2.67. The Kier molecular flexibility index (Phi) is 5.43. The number of anilines is 1. The molecule has 0 bridgehead atoms. The van der Waals surface area contributed by atoms with Crippen LogP contribution >= 0.6 is 15.9 Å². The molecule has 6 nitrogen and oxygen atoms in total. The van der Waals surface area contributed by atoms with Gasteiger partial charge in [-0.1, -0.05) is 13.3 Å². The summed E-state index contributed by atoms with van der Waals surface area (Å²) < 4.78 is 24.7. The predicted octanol–water partition coefficient (Wildman–Crippen LogP) is 1.79. The molecule has 0 radical (unpaired) electrons. The lowest BCUT2D eigenvalue weighted by Crippen LogP contribution is -2.33. The summed E-state index contributed by atoms with van der Waals surface area (Å²) in [5.74, 6) is 0.395. The van der Waals surface area contributed by atoms with Crippen molar-refractivity contribution >= 4 is 31.5 Å². The van der Waals surface area contributed by atoms with Crippen LogP contribution in [0.2, 0.25) is 0 Å². The number of hydrogen-bond acceptors (Lipinski definition) is 5. The van der Waals surface area contributed by atoms with Crippen molar-refractivity contribution in [2.45, 2.75) is 45.2 Å². The first-order valence-corrected chi connectivity index (χ1v) is 9.77. The molecule has 0 unspecified atom stereocenters. The highest BCUT2D eigenvalue weighted by Gasteiger charge is 2.24. The standard InChI is InChI=1S/C13H20BrN3O3S/c1-2-3-6-17-13(18)12(14)11(9-15-17)16-10-4-7-21(19,20)8-5-10/h9-10,16H,2-8H2,1H3. The first-order chi connectivity index (χ1) is 9.93. The Morgan fingerprint density at radius 3 is 2.71 bits per heavy atom. The van der Waals surface area contributed by atoms with Gasteiger partial charge in [0.25, 0.3) is 5.56 Å². The molecule has 1 aliphatic heterocycles. The minimum atomic E-state index is -2.88. The molecule has 118 valence electrons. The smallest absolute Gasteiger partial charge is 0.283 e. The highest BCUT2D eigenvalue weighted by Crippen LogP contribution is 2.21. The van der Waals surface area contributed by atoms with Gasteiger partial charge in [-0.15, -0.1) is 0 Å². The monoisotopic (exact) mass is 377 g/mol.